The maximum Gasteiger partial charge on any atom is 0.295 e. The lowest BCUT2D eigenvalue weighted by molar-refractivity contribution is -0.384. The van der Waals surface area contributed by atoms with E-state index in [2.05, 4.69) is 10.6 Å². The summed E-state index contributed by atoms with van der Waals surface area (Å²) in [7, 11) is 0. The molecule has 1 saturated heterocycles. The summed E-state index contributed by atoms with van der Waals surface area (Å²) in [5, 5.41) is 17.1. The smallest absolute Gasteiger partial charge is 0.295 e. The lowest BCUT2D eigenvalue weighted by Gasteiger charge is -2.23. The Kier molecular flexibility index (Phi) is 5.46. The van der Waals surface area contributed by atoms with Gasteiger partial charge in [0.25, 0.3) is 5.69 Å². The highest BCUT2D eigenvalue weighted by molar-refractivity contribution is 5.63. The van der Waals surface area contributed by atoms with Crippen molar-refractivity contribution in [2.45, 2.75) is 25.9 Å². The molecule has 1 heterocycles. The van der Waals surface area contributed by atoms with E-state index in [4.69, 9.17) is 4.74 Å². The fraction of sp³-hybridized carbons (Fsp3) is 0.571. The fourth-order valence-electron chi connectivity index (χ4n) is 2.34. The molecule has 0 bridgehead atoms. The third-order valence-corrected chi connectivity index (χ3v) is 3.53. The largest absolute Gasteiger partial charge is 0.377 e. The average molecular weight is 297 g/mol. The van der Waals surface area contributed by atoms with Crippen LogP contribution in [0.15, 0.2) is 12.1 Å². The van der Waals surface area contributed by atoms with Crippen molar-refractivity contribution in [3.63, 3.8) is 0 Å². The van der Waals surface area contributed by atoms with E-state index in [1.165, 1.54) is 6.07 Å². The highest BCUT2D eigenvalue weighted by atomic mass is 19.1. The maximum atomic E-state index is 13.4. The van der Waals surface area contributed by atoms with Crippen LogP contribution in [0.25, 0.3) is 0 Å². The molecule has 21 heavy (non-hydrogen) atoms. The Balaban J connectivity index is 1.87. The van der Waals surface area contributed by atoms with Crippen LogP contribution in [0, 0.1) is 22.9 Å². The molecule has 0 radical (unpaired) electrons. The number of ether oxygens (including phenoxy) is 1. The van der Waals surface area contributed by atoms with Gasteiger partial charge in [0.05, 0.1) is 23.7 Å². The summed E-state index contributed by atoms with van der Waals surface area (Å²) in [6.45, 7) is 4.42. The van der Waals surface area contributed by atoms with Gasteiger partial charge in [0, 0.05) is 6.54 Å². The van der Waals surface area contributed by atoms with Crippen molar-refractivity contribution in [1.82, 2.24) is 5.32 Å². The normalized spacial score (nSPS) is 15.9. The first-order chi connectivity index (χ1) is 10.1. The van der Waals surface area contributed by atoms with Crippen LogP contribution in [-0.2, 0) is 4.74 Å². The molecule has 0 aliphatic carbocycles. The molecular weight excluding hydrogens is 277 g/mol. The number of rotatable bonds is 6. The number of piperidine rings is 1. The van der Waals surface area contributed by atoms with Gasteiger partial charge in [0.2, 0.25) is 0 Å². The molecule has 0 amide bonds. The monoisotopic (exact) mass is 297 g/mol. The molecule has 7 heteroatoms. The molecule has 1 fully saturated rings. The zero-order valence-corrected chi connectivity index (χ0v) is 12.0. The third-order valence-electron chi connectivity index (χ3n) is 3.53. The molecular formula is C14H20FN3O3. The van der Waals surface area contributed by atoms with Crippen molar-refractivity contribution in [2.24, 2.45) is 0 Å². The number of halogens is 1. The van der Waals surface area contributed by atoms with Crippen molar-refractivity contribution in [3.05, 3.63) is 33.6 Å². The van der Waals surface area contributed by atoms with Crippen LogP contribution >= 0.6 is 0 Å². The first kappa shape index (κ1) is 15.7. The number of anilines is 1. The number of aryl methyl sites for hydroxylation is 1. The minimum Gasteiger partial charge on any atom is -0.377 e. The van der Waals surface area contributed by atoms with E-state index in [0.29, 0.717) is 24.4 Å². The van der Waals surface area contributed by atoms with Crippen molar-refractivity contribution >= 4 is 11.4 Å². The topological polar surface area (TPSA) is 76.4 Å². The molecule has 0 aromatic heterocycles. The lowest BCUT2D eigenvalue weighted by Crippen LogP contribution is -2.33. The zero-order chi connectivity index (χ0) is 15.2. The first-order valence-corrected chi connectivity index (χ1v) is 7.08. The van der Waals surface area contributed by atoms with Gasteiger partial charge >= 0.3 is 0 Å². The van der Waals surface area contributed by atoms with E-state index in [9.17, 15) is 14.5 Å². The Morgan fingerprint density at radius 3 is 2.86 bits per heavy atom. The predicted molar refractivity (Wildman–Crippen MR) is 78.1 cm³/mol. The van der Waals surface area contributed by atoms with E-state index in [-0.39, 0.29) is 11.8 Å². The molecule has 0 unspecified atom stereocenters. The minimum absolute atomic E-state index is 0.248. The number of nitrogens with zero attached hydrogens (tertiary/aromatic N) is 1. The number of benzene rings is 1. The predicted octanol–water partition coefficient (Wildman–Crippen LogP) is 2.22. The summed E-state index contributed by atoms with van der Waals surface area (Å²) in [5.74, 6) is -0.571. The summed E-state index contributed by atoms with van der Waals surface area (Å²) in [6.07, 6.45) is 2.21. The van der Waals surface area contributed by atoms with Gasteiger partial charge in [-0.15, -0.1) is 0 Å². The summed E-state index contributed by atoms with van der Waals surface area (Å²) >= 11 is 0. The summed E-state index contributed by atoms with van der Waals surface area (Å²) in [4.78, 5) is 10.3. The molecule has 6 nitrogen and oxygen atoms in total. The van der Waals surface area contributed by atoms with Crippen LogP contribution in [0.3, 0.4) is 0 Å². The second-order valence-electron chi connectivity index (χ2n) is 5.12. The molecule has 0 spiro atoms. The molecule has 2 N–H and O–H groups in total. The fourth-order valence-corrected chi connectivity index (χ4v) is 2.34. The summed E-state index contributed by atoms with van der Waals surface area (Å²) < 4.78 is 19.1. The van der Waals surface area contributed by atoms with E-state index < -0.39 is 10.7 Å². The Labute approximate surface area is 122 Å². The molecule has 1 aliphatic rings. The van der Waals surface area contributed by atoms with Crippen molar-refractivity contribution < 1.29 is 14.1 Å². The van der Waals surface area contributed by atoms with Crippen LogP contribution in [0.2, 0.25) is 0 Å². The van der Waals surface area contributed by atoms with Crippen LogP contribution in [-0.4, -0.2) is 37.3 Å². The number of nitrogens with one attached hydrogen (secondary N) is 2. The number of nitro groups is 1. The van der Waals surface area contributed by atoms with Gasteiger partial charge in [-0.2, -0.15) is 0 Å². The van der Waals surface area contributed by atoms with Gasteiger partial charge in [-0.05, 0) is 44.5 Å². The van der Waals surface area contributed by atoms with Gasteiger partial charge in [-0.25, -0.2) is 4.39 Å². The lowest BCUT2D eigenvalue weighted by atomic mass is 10.1. The first-order valence-electron chi connectivity index (χ1n) is 7.08. The molecule has 2 rings (SSSR count). The van der Waals surface area contributed by atoms with E-state index >= 15 is 0 Å². The molecule has 1 aliphatic heterocycles. The van der Waals surface area contributed by atoms with E-state index in [1.807, 2.05) is 0 Å². The van der Waals surface area contributed by atoms with Crippen molar-refractivity contribution in [1.29, 1.82) is 0 Å². The molecule has 0 saturated carbocycles. The number of hydrogen-bond donors (Lipinski definition) is 2. The molecule has 1 aromatic rings. The zero-order valence-electron chi connectivity index (χ0n) is 12.0. The second kappa shape index (κ2) is 7.33. The third kappa shape index (κ3) is 4.37. The Morgan fingerprint density at radius 2 is 2.19 bits per heavy atom. The van der Waals surface area contributed by atoms with Gasteiger partial charge in [0.15, 0.2) is 0 Å². The standard InChI is InChI=1S/C14H20FN3O3/c1-10-8-13(14(18(19)20)9-12(10)15)17-6-7-21-11-2-4-16-5-3-11/h8-9,11,16-17H,2-7H2,1H3. The molecule has 0 atom stereocenters. The Bertz CT molecular complexity index is 504. The SMILES string of the molecule is Cc1cc(NCCOC2CCNCC2)c([N+](=O)[O-])cc1F. The number of hydrogen-bond acceptors (Lipinski definition) is 5. The van der Waals surface area contributed by atoms with Crippen molar-refractivity contribution in [3.8, 4) is 0 Å². The van der Waals surface area contributed by atoms with Crippen LogP contribution in [0.4, 0.5) is 15.8 Å². The number of nitro benzene ring substituents is 1. The highest BCUT2D eigenvalue weighted by Gasteiger charge is 2.17. The average Bonchev–Trinajstić information content (AvgIpc) is 2.47. The molecule has 116 valence electrons. The van der Waals surface area contributed by atoms with E-state index in [1.54, 1.807) is 6.92 Å². The summed E-state index contributed by atoms with van der Waals surface area (Å²) in [5.41, 5.74) is 0.454. The van der Waals surface area contributed by atoms with Crippen LogP contribution < -0.4 is 10.6 Å². The van der Waals surface area contributed by atoms with Crippen LogP contribution in [0.1, 0.15) is 18.4 Å². The highest BCUT2D eigenvalue weighted by Crippen LogP contribution is 2.27. The Morgan fingerprint density at radius 1 is 1.48 bits per heavy atom. The van der Waals surface area contributed by atoms with Crippen molar-refractivity contribution in [2.75, 3.05) is 31.6 Å². The van der Waals surface area contributed by atoms with E-state index in [0.717, 1.165) is 32.0 Å². The Hall–Kier alpha value is -1.73. The quantitative estimate of drug-likeness (QED) is 0.478. The second-order valence-corrected chi connectivity index (χ2v) is 5.12. The van der Waals surface area contributed by atoms with Gasteiger partial charge in [-0.1, -0.05) is 0 Å². The minimum atomic E-state index is -0.585. The molecule has 1 aromatic carbocycles. The van der Waals surface area contributed by atoms with Gasteiger partial charge in [-0.3, -0.25) is 10.1 Å². The van der Waals surface area contributed by atoms with Gasteiger partial charge < -0.3 is 15.4 Å². The van der Waals surface area contributed by atoms with Crippen LogP contribution in [0.5, 0.6) is 0 Å². The maximum absolute atomic E-state index is 13.4. The van der Waals surface area contributed by atoms with Gasteiger partial charge in [0.1, 0.15) is 11.5 Å². The summed E-state index contributed by atoms with van der Waals surface area (Å²) in [6, 6.07) is 2.41.